The highest BCUT2D eigenvalue weighted by Gasteiger charge is 2.30. The summed E-state index contributed by atoms with van der Waals surface area (Å²) in [6, 6.07) is 78.1. The molecular weight excluding hydrogens is 689 g/mol. The Morgan fingerprint density at radius 1 is 0.351 bits per heavy atom. The Morgan fingerprint density at radius 3 is 1.19 bits per heavy atom. The van der Waals surface area contributed by atoms with E-state index < -0.39 is 0 Å². The minimum absolute atomic E-state index is 0.201. The molecule has 2 heteroatoms. The third-order valence-corrected chi connectivity index (χ3v) is 11.1. The lowest BCUT2D eigenvalue weighted by Gasteiger charge is -2.35. The summed E-state index contributed by atoms with van der Waals surface area (Å²) in [5, 5.41) is 0. The van der Waals surface area contributed by atoms with Crippen LogP contribution >= 0.6 is 0 Å². The molecule has 0 spiro atoms. The van der Waals surface area contributed by atoms with Crippen molar-refractivity contribution < 1.29 is 0 Å². The molecule has 8 aromatic carbocycles. The van der Waals surface area contributed by atoms with Crippen molar-refractivity contribution in [3.63, 3.8) is 0 Å². The number of rotatable bonds is 10. The molecule has 2 nitrogen and oxygen atoms in total. The smallest absolute Gasteiger partial charge is 0.0502 e. The van der Waals surface area contributed by atoms with E-state index in [9.17, 15) is 0 Å². The van der Waals surface area contributed by atoms with Crippen molar-refractivity contribution in [1.29, 1.82) is 0 Å². The fraction of sp³-hybridized carbons (Fsp3) is 0.0545. The summed E-state index contributed by atoms with van der Waals surface area (Å²) in [6.45, 7) is 2.36. The molecule has 1 aliphatic rings. The van der Waals surface area contributed by atoms with Gasteiger partial charge >= 0.3 is 0 Å². The molecule has 0 aliphatic heterocycles. The normalized spacial score (nSPS) is 14.8. The van der Waals surface area contributed by atoms with E-state index in [4.69, 9.17) is 0 Å². The van der Waals surface area contributed by atoms with Gasteiger partial charge < -0.3 is 9.80 Å². The summed E-state index contributed by atoms with van der Waals surface area (Å²) in [5.74, 6) is 0. The maximum absolute atomic E-state index is 2.41. The van der Waals surface area contributed by atoms with Crippen molar-refractivity contribution >= 4 is 39.7 Å². The monoisotopic (exact) mass is 732 g/mol. The van der Waals surface area contributed by atoms with Gasteiger partial charge in [0.1, 0.15) is 0 Å². The molecule has 0 bridgehead atoms. The molecule has 274 valence electrons. The second kappa shape index (κ2) is 15.9. The molecule has 1 atom stereocenters. The topological polar surface area (TPSA) is 6.48 Å². The molecule has 1 aliphatic carbocycles. The number of hydrogen-bond acceptors (Lipinski definition) is 2. The second-order valence-electron chi connectivity index (χ2n) is 14.8. The van der Waals surface area contributed by atoms with Crippen LogP contribution in [-0.4, -0.2) is 0 Å². The number of nitrogens with zero attached hydrogens (tertiary/aromatic N) is 2. The zero-order valence-electron chi connectivity index (χ0n) is 32.1. The highest BCUT2D eigenvalue weighted by atomic mass is 15.1. The molecule has 0 radical (unpaired) electrons. The van der Waals surface area contributed by atoms with E-state index in [1.807, 2.05) is 0 Å². The first-order chi connectivity index (χ1) is 28.1. The fourth-order valence-electron chi connectivity index (χ4n) is 8.00. The van der Waals surface area contributed by atoms with Crippen LogP contribution in [0.15, 0.2) is 237 Å². The minimum Gasteiger partial charge on any atom is -0.311 e. The molecule has 0 amide bonds. The van der Waals surface area contributed by atoms with E-state index in [2.05, 4.69) is 253 Å². The molecule has 0 N–H and O–H groups in total. The number of anilines is 6. The van der Waals surface area contributed by atoms with Crippen LogP contribution < -0.4 is 9.80 Å². The highest BCUT2D eigenvalue weighted by molar-refractivity contribution is 5.84. The van der Waals surface area contributed by atoms with Gasteiger partial charge in [0, 0.05) is 33.9 Å². The average Bonchev–Trinajstić information content (AvgIpc) is 3.29. The Morgan fingerprint density at radius 2 is 0.719 bits per heavy atom. The van der Waals surface area contributed by atoms with Crippen LogP contribution in [0.25, 0.3) is 27.8 Å². The molecule has 1 unspecified atom stereocenters. The molecule has 9 rings (SSSR count). The standard InChI is InChI=1S/C55H44N2/c1-55(53-24-14-15-25-54(53)57(49-22-12-5-13-23-49)52-36-30-45(31-37-52)43-18-8-3-9-19-43)40-38-47(39-41-55)46-28-34-51(35-29-46)56(48-20-10-4-11-21-48)50-32-26-44(27-33-50)42-16-6-2-7-17-42/h2-40H,41H2,1H3. The third-order valence-electron chi connectivity index (χ3n) is 11.1. The van der Waals surface area contributed by atoms with Gasteiger partial charge in [-0.3, -0.25) is 0 Å². The molecule has 57 heavy (non-hydrogen) atoms. The van der Waals surface area contributed by atoms with Crippen molar-refractivity contribution in [3.05, 3.63) is 248 Å². The first-order valence-electron chi connectivity index (χ1n) is 19.7. The lowest BCUT2D eigenvalue weighted by atomic mass is 9.74. The van der Waals surface area contributed by atoms with E-state index in [0.717, 1.165) is 34.9 Å². The molecule has 0 saturated heterocycles. The van der Waals surface area contributed by atoms with Crippen molar-refractivity contribution in [2.45, 2.75) is 18.8 Å². The minimum atomic E-state index is -0.201. The molecule has 0 aromatic heterocycles. The fourth-order valence-corrected chi connectivity index (χ4v) is 8.00. The molecule has 8 aromatic rings. The van der Waals surface area contributed by atoms with E-state index in [0.29, 0.717) is 0 Å². The maximum atomic E-state index is 2.41. The van der Waals surface area contributed by atoms with Crippen LogP contribution in [0, 0.1) is 0 Å². The average molecular weight is 733 g/mol. The summed E-state index contributed by atoms with van der Waals surface area (Å²) in [6.07, 6.45) is 8.01. The van der Waals surface area contributed by atoms with Gasteiger partial charge in [0.15, 0.2) is 0 Å². The number of para-hydroxylation sites is 3. The van der Waals surface area contributed by atoms with Gasteiger partial charge in [-0.2, -0.15) is 0 Å². The molecule has 0 heterocycles. The quantitative estimate of drug-likeness (QED) is 0.138. The van der Waals surface area contributed by atoms with Crippen molar-refractivity contribution in [2.75, 3.05) is 9.80 Å². The molecule has 0 fully saturated rings. The summed E-state index contributed by atoms with van der Waals surface area (Å²) < 4.78 is 0. The Labute approximate surface area is 337 Å². The maximum Gasteiger partial charge on any atom is 0.0502 e. The van der Waals surface area contributed by atoms with Gasteiger partial charge in [-0.15, -0.1) is 0 Å². The van der Waals surface area contributed by atoms with Crippen molar-refractivity contribution in [2.24, 2.45) is 0 Å². The SMILES string of the molecule is CC1(c2ccccc2N(c2ccccc2)c2ccc(-c3ccccc3)cc2)C=CC(c2ccc(N(c3ccccc3)c3ccc(-c4ccccc4)cc3)cc2)=CC1. The molecular formula is C55H44N2. The summed E-state index contributed by atoms with van der Waals surface area (Å²) in [4.78, 5) is 4.72. The van der Waals surface area contributed by atoms with Gasteiger partial charge in [-0.25, -0.2) is 0 Å². The largest absolute Gasteiger partial charge is 0.311 e. The summed E-state index contributed by atoms with van der Waals surface area (Å²) in [5.41, 5.74) is 15.2. The predicted molar refractivity (Wildman–Crippen MR) is 242 cm³/mol. The van der Waals surface area contributed by atoms with E-state index >= 15 is 0 Å². The lowest BCUT2D eigenvalue weighted by Crippen LogP contribution is -2.24. The van der Waals surface area contributed by atoms with Crippen LogP contribution in [0.1, 0.15) is 24.5 Å². The Bertz CT molecular complexity index is 2610. The highest BCUT2D eigenvalue weighted by Crippen LogP contribution is 2.45. The van der Waals surface area contributed by atoms with Crippen molar-refractivity contribution in [3.8, 4) is 22.3 Å². The number of allylic oxidation sites excluding steroid dienone is 4. The van der Waals surface area contributed by atoms with Crippen LogP contribution in [0.5, 0.6) is 0 Å². The van der Waals surface area contributed by atoms with Crippen LogP contribution in [0.2, 0.25) is 0 Å². The van der Waals surface area contributed by atoms with Crippen LogP contribution in [0.3, 0.4) is 0 Å². The summed E-state index contributed by atoms with van der Waals surface area (Å²) in [7, 11) is 0. The van der Waals surface area contributed by atoms with Gasteiger partial charge in [0.05, 0.1) is 5.69 Å². The predicted octanol–water partition coefficient (Wildman–Crippen LogP) is 15.3. The zero-order chi connectivity index (χ0) is 38.4. The summed E-state index contributed by atoms with van der Waals surface area (Å²) >= 11 is 0. The van der Waals surface area contributed by atoms with Gasteiger partial charge in [-0.05, 0) is 112 Å². The Kier molecular flexibility index (Phi) is 9.91. The third kappa shape index (κ3) is 7.46. The Hall–Kier alpha value is -7.16. The first-order valence-corrected chi connectivity index (χ1v) is 19.7. The number of hydrogen-bond donors (Lipinski definition) is 0. The Balaban J connectivity index is 0.994. The van der Waals surface area contributed by atoms with Gasteiger partial charge in [-0.1, -0.05) is 177 Å². The van der Waals surface area contributed by atoms with E-state index in [1.54, 1.807) is 0 Å². The lowest BCUT2D eigenvalue weighted by molar-refractivity contribution is 0.602. The van der Waals surface area contributed by atoms with E-state index in [1.165, 1.54) is 44.6 Å². The number of benzene rings is 8. The van der Waals surface area contributed by atoms with E-state index in [-0.39, 0.29) is 5.41 Å². The molecule has 0 saturated carbocycles. The van der Waals surface area contributed by atoms with Crippen LogP contribution in [0.4, 0.5) is 34.1 Å². The van der Waals surface area contributed by atoms with Gasteiger partial charge in [0.2, 0.25) is 0 Å². The van der Waals surface area contributed by atoms with Gasteiger partial charge in [0.25, 0.3) is 0 Å². The second-order valence-corrected chi connectivity index (χ2v) is 14.8. The van der Waals surface area contributed by atoms with Crippen LogP contribution in [-0.2, 0) is 5.41 Å². The van der Waals surface area contributed by atoms with Crippen molar-refractivity contribution in [1.82, 2.24) is 0 Å². The first kappa shape index (κ1) is 35.5. The zero-order valence-corrected chi connectivity index (χ0v) is 32.1.